The number of aliphatic hydroxyl groups excluding tert-OH is 1. The summed E-state index contributed by atoms with van der Waals surface area (Å²) >= 11 is 0. The highest BCUT2D eigenvalue weighted by Gasteiger charge is 2.34. The van der Waals surface area contributed by atoms with Gasteiger partial charge in [0.1, 0.15) is 5.82 Å². The van der Waals surface area contributed by atoms with E-state index < -0.39 is 0 Å². The highest BCUT2D eigenvalue weighted by molar-refractivity contribution is 5.94. The van der Waals surface area contributed by atoms with Crippen molar-refractivity contribution in [3.63, 3.8) is 0 Å². The maximum Gasteiger partial charge on any atom is 0.318 e. The van der Waals surface area contributed by atoms with Crippen molar-refractivity contribution in [1.82, 2.24) is 19.8 Å². The van der Waals surface area contributed by atoms with Gasteiger partial charge in [0, 0.05) is 61.3 Å². The lowest BCUT2D eigenvalue weighted by atomic mass is 10.0. The van der Waals surface area contributed by atoms with Crippen LogP contribution in [-0.2, 0) is 17.8 Å². The van der Waals surface area contributed by atoms with E-state index in [4.69, 9.17) is 14.7 Å². The number of aliphatic hydroxyl groups is 1. The lowest BCUT2D eigenvalue weighted by molar-refractivity contribution is -0.128. The second kappa shape index (κ2) is 13.8. The van der Waals surface area contributed by atoms with Crippen LogP contribution in [0.3, 0.4) is 0 Å². The molecule has 1 amide bonds. The van der Waals surface area contributed by atoms with Crippen LogP contribution in [0.2, 0.25) is 0 Å². The number of nitrogens with zero attached hydrogens (tertiary/aromatic N) is 7. The number of carbonyl (C=O) groups is 1. The number of likely N-dealkylation sites (tertiary alicyclic amines) is 1. The first-order valence-corrected chi connectivity index (χ1v) is 16.2. The van der Waals surface area contributed by atoms with Crippen molar-refractivity contribution in [2.45, 2.75) is 51.2 Å². The standard InChI is InChI=1S/C35H43N7O3/c1-3-33(44)42-19-18-41(22-27(42)13-15-36)34-29-14-17-40(32-11-6-9-26-8-4-5-10-28(26)32)23-30(29)37-35(38-34)45-24-25(2)31-12-7-16-39(31)20-21-43/h3-6,8-11,25,27,31,43H,1,7,12-14,16-24H2,2H3/t25-,27+,31?/m1/s1. The minimum Gasteiger partial charge on any atom is -0.463 e. The topological polar surface area (TPSA) is 109 Å². The Labute approximate surface area is 265 Å². The third-order valence-electron chi connectivity index (χ3n) is 9.63. The van der Waals surface area contributed by atoms with Gasteiger partial charge in [-0.1, -0.05) is 49.9 Å². The number of ether oxygens (including phenoxy) is 1. The number of hydrogen-bond acceptors (Lipinski definition) is 9. The van der Waals surface area contributed by atoms with Crippen LogP contribution in [0.5, 0.6) is 6.01 Å². The van der Waals surface area contributed by atoms with Gasteiger partial charge < -0.3 is 24.5 Å². The molecule has 0 saturated carbocycles. The van der Waals surface area contributed by atoms with Gasteiger partial charge in [-0.2, -0.15) is 15.2 Å². The van der Waals surface area contributed by atoms with Crippen LogP contribution in [0, 0.1) is 17.2 Å². The quantitative estimate of drug-likeness (QED) is 0.344. The number of hydrogen-bond donors (Lipinski definition) is 1. The van der Waals surface area contributed by atoms with Crippen LogP contribution in [0.4, 0.5) is 11.5 Å². The van der Waals surface area contributed by atoms with E-state index in [2.05, 4.69) is 76.7 Å². The average molecular weight is 610 g/mol. The third-order valence-corrected chi connectivity index (χ3v) is 9.63. The summed E-state index contributed by atoms with van der Waals surface area (Å²) in [6.07, 6.45) is 4.56. The lowest BCUT2D eigenvalue weighted by Gasteiger charge is -2.42. The summed E-state index contributed by atoms with van der Waals surface area (Å²) in [6.45, 7) is 11.3. The molecular formula is C35H43N7O3. The van der Waals surface area contributed by atoms with Gasteiger partial charge in [-0.15, -0.1) is 0 Å². The fraction of sp³-hybridized carbons (Fsp3) is 0.486. The number of aromatic nitrogens is 2. The average Bonchev–Trinajstić information content (AvgIpc) is 3.54. The maximum atomic E-state index is 12.6. The molecule has 3 aliphatic heterocycles. The Kier molecular flexibility index (Phi) is 9.47. The predicted octanol–water partition coefficient (Wildman–Crippen LogP) is 3.78. The third kappa shape index (κ3) is 6.46. The van der Waals surface area contributed by atoms with Gasteiger partial charge in [-0.25, -0.2) is 0 Å². The number of fused-ring (bicyclic) bond motifs is 2. The Hall–Kier alpha value is -4.20. The molecule has 3 aromatic rings. The number of β-amino-alcohol motifs (C(OH)–C–C–N with tert-alkyl or cyclic N) is 1. The Morgan fingerprint density at radius 3 is 2.82 bits per heavy atom. The molecule has 10 nitrogen and oxygen atoms in total. The monoisotopic (exact) mass is 609 g/mol. The molecule has 1 N–H and O–H groups in total. The Bertz CT molecular complexity index is 1570. The molecule has 3 aliphatic rings. The predicted molar refractivity (Wildman–Crippen MR) is 175 cm³/mol. The van der Waals surface area contributed by atoms with Crippen molar-refractivity contribution >= 4 is 28.2 Å². The molecule has 45 heavy (non-hydrogen) atoms. The van der Waals surface area contributed by atoms with Crippen LogP contribution >= 0.6 is 0 Å². The summed E-state index contributed by atoms with van der Waals surface area (Å²) in [4.78, 5) is 31.3. The summed E-state index contributed by atoms with van der Waals surface area (Å²) in [5, 5.41) is 21.5. The van der Waals surface area contributed by atoms with Crippen molar-refractivity contribution < 1.29 is 14.6 Å². The minimum atomic E-state index is -0.250. The molecule has 1 aromatic heterocycles. The molecule has 2 aromatic carbocycles. The Balaban J connectivity index is 1.30. The minimum absolute atomic E-state index is 0.148. The number of piperazine rings is 1. The second-order valence-electron chi connectivity index (χ2n) is 12.4. The summed E-state index contributed by atoms with van der Waals surface area (Å²) in [6, 6.07) is 17.6. The normalized spacial score (nSPS) is 21.0. The van der Waals surface area contributed by atoms with Crippen LogP contribution in [0.25, 0.3) is 10.8 Å². The molecule has 0 spiro atoms. The number of benzene rings is 2. The van der Waals surface area contributed by atoms with Crippen LogP contribution in [0.15, 0.2) is 55.1 Å². The molecule has 0 bridgehead atoms. The van der Waals surface area contributed by atoms with Crippen LogP contribution in [-0.4, -0.2) is 95.3 Å². The van der Waals surface area contributed by atoms with Gasteiger partial charge in [0.2, 0.25) is 5.91 Å². The van der Waals surface area contributed by atoms with E-state index in [1.807, 2.05) is 0 Å². The van der Waals surface area contributed by atoms with Gasteiger partial charge in [0.15, 0.2) is 0 Å². The van der Waals surface area contributed by atoms with Crippen molar-refractivity contribution in [3.8, 4) is 12.1 Å². The maximum absolute atomic E-state index is 12.6. The summed E-state index contributed by atoms with van der Waals surface area (Å²) < 4.78 is 6.38. The van der Waals surface area contributed by atoms with E-state index in [9.17, 15) is 15.2 Å². The second-order valence-corrected chi connectivity index (χ2v) is 12.4. The molecule has 10 heteroatoms. The summed E-state index contributed by atoms with van der Waals surface area (Å²) in [5.74, 6) is 0.949. The molecule has 2 saturated heterocycles. The molecule has 3 atom stereocenters. The van der Waals surface area contributed by atoms with E-state index in [0.717, 1.165) is 49.4 Å². The first-order chi connectivity index (χ1) is 22.0. The Morgan fingerprint density at radius 1 is 1.16 bits per heavy atom. The highest BCUT2D eigenvalue weighted by atomic mass is 16.5. The molecule has 2 fully saturated rings. The van der Waals surface area contributed by atoms with E-state index >= 15 is 0 Å². The summed E-state index contributed by atoms with van der Waals surface area (Å²) in [7, 11) is 0. The molecule has 6 rings (SSSR count). The first kappa shape index (κ1) is 30.8. The van der Waals surface area contributed by atoms with E-state index in [0.29, 0.717) is 51.4 Å². The lowest BCUT2D eigenvalue weighted by Crippen LogP contribution is -2.55. The molecule has 0 aliphatic carbocycles. The molecule has 4 heterocycles. The highest BCUT2D eigenvalue weighted by Crippen LogP contribution is 2.35. The van der Waals surface area contributed by atoms with Crippen LogP contribution < -0.4 is 14.5 Å². The van der Waals surface area contributed by atoms with E-state index in [1.165, 1.54) is 22.5 Å². The Morgan fingerprint density at radius 2 is 2.00 bits per heavy atom. The number of carbonyl (C=O) groups excluding carboxylic acids is 1. The van der Waals surface area contributed by atoms with Crippen molar-refractivity contribution in [3.05, 3.63) is 66.4 Å². The zero-order valence-corrected chi connectivity index (χ0v) is 26.1. The molecule has 236 valence electrons. The van der Waals surface area contributed by atoms with Gasteiger partial charge in [-0.05, 0) is 43.3 Å². The summed E-state index contributed by atoms with van der Waals surface area (Å²) in [5.41, 5.74) is 3.24. The molecule has 1 unspecified atom stereocenters. The molecular weight excluding hydrogens is 566 g/mol. The fourth-order valence-electron chi connectivity index (χ4n) is 7.36. The molecule has 0 radical (unpaired) electrons. The van der Waals surface area contributed by atoms with Crippen molar-refractivity contribution in [1.29, 1.82) is 5.26 Å². The number of amides is 1. The van der Waals surface area contributed by atoms with Gasteiger partial charge in [0.05, 0.1) is 44.0 Å². The number of anilines is 2. The van der Waals surface area contributed by atoms with E-state index in [-0.39, 0.29) is 30.9 Å². The SMILES string of the molecule is C=CC(=O)N1CCN(c2nc(OC[C@@H](C)C3CCCN3CCO)nc3c2CCN(c2cccc4ccccc24)C3)C[C@@H]1CC#N. The van der Waals surface area contributed by atoms with Crippen molar-refractivity contribution in [2.75, 3.05) is 62.3 Å². The zero-order chi connectivity index (χ0) is 31.3. The van der Waals surface area contributed by atoms with Gasteiger partial charge >= 0.3 is 6.01 Å². The number of nitriles is 1. The van der Waals surface area contributed by atoms with Gasteiger partial charge in [-0.3, -0.25) is 9.69 Å². The smallest absolute Gasteiger partial charge is 0.318 e. The van der Waals surface area contributed by atoms with E-state index in [1.54, 1.807) is 4.90 Å². The largest absolute Gasteiger partial charge is 0.463 e. The van der Waals surface area contributed by atoms with Crippen molar-refractivity contribution in [2.24, 2.45) is 5.92 Å². The van der Waals surface area contributed by atoms with Crippen LogP contribution in [0.1, 0.15) is 37.4 Å². The zero-order valence-electron chi connectivity index (χ0n) is 26.1. The first-order valence-electron chi connectivity index (χ1n) is 16.2. The fourth-order valence-corrected chi connectivity index (χ4v) is 7.36. The van der Waals surface area contributed by atoms with Gasteiger partial charge in [0.25, 0.3) is 0 Å². The number of rotatable bonds is 10.